The van der Waals surface area contributed by atoms with Gasteiger partial charge in [-0.2, -0.15) is 4.31 Å². The summed E-state index contributed by atoms with van der Waals surface area (Å²) in [6.07, 6.45) is 0. The van der Waals surface area contributed by atoms with E-state index in [9.17, 15) is 13.2 Å². The molecule has 0 heterocycles. The number of hydrogen-bond acceptors (Lipinski definition) is 4. The molecule has 2 rings (SSSR count). The fraction of sp³-hybridized carbons (Fsp3) is 0.316. The maximum Gasteiger partial charge on any atom is 0.243 e. The molecule has 0 aliphatic heterocycles. The van der Waals surface area contributed by atoms with Crippen molar-refractivity contribution in [2.24, 2.45) is 0 Å². The first kappa shape index (κ1) is 22.6. The first-order valence-electron chi connectivity index (χ1n) is 8.52. The quantitative estimate of drug-likeness (QED) is 0.680. The van der Waals surface area contributed by atoms with Gasteiger partial charge in [-0.3, -0.25) is 4.79 Å². The minimum absolute atomic E-state index is 0.0782. The summed E-state index contributed by atoms with van der Waals surface area (Å²) in [5.41, 5.74) is 0.886. The van der Waals surface area contributed by atoms with Gasteiger partial charge in [0.2, 0.25) is 15.9 Å². The molecule has 0 saturated carbocycles. The van der Waals surface area contributed by atoms with E-state index in [2.05, 4.69) is 5.32 Å². The lowest BCUT2D eigenvalue weighted by molar-refractivity contribution is -0.121. The van der Waals surface area contributed by atoms with Crippen LogP contribution in [0.25, 0.3) is 0 Å². The van der Waals surface area contributed by atoms with Gasteiger partial charge in [0, 0.05) is 23.6 Å². The molecule has 2 aromatic carbocycles. The molecule has 152 valence electrons. The van der Waals surface area contributed by atoms with Crippen molar-refractivity contribution in [3.05, 3.63) is 64.1 Å². The van der Waals surface area contributed by atoms with Crippen molar-refractivity contribution in [2.75, 3.05) is 34.2 Å². The molecule has 1 unspecified atom stereocenters. The number of sulfonamides is 1. The van der Waals surface area contributed by atoms with E-state index >= 15 is 0 Å². The van der Waals surface area contributed by atoms with Gasteiger partial charge in [0.25, 0.3) is 0 Å². The largest absolute Gasteiger partial charge is 0.353 e. The van der Waals surface area contributed by atoms with Crippen LogP contribution < -0.4 is 5.32 Å². The normalized spacial score (nSPS) is 13.0. The average Bonchev–Trinajstić information content (AvgIpc) is 2.63. The Morgan fingerprint density at radius 1 is 1.04 bits per heavy atom. The minimum Gasteiger partial charge on any atom is -0.353 e. The van der Waals surface area contributed by atoms with Crippen molar-refractivity contribution in [1.82, 2.24) is 14.5 Å². The van der Waals surface area contributed by atoms with E-state index in [4.69, 9.17) is 23.2 Å². The number of nitrogens with one attached hydrogen (secondary N) is 1. The number of carbonyl (C=O) groups excluding carboxylic acids is 1. The molecule has 6 nitrogen and oxygen atoms in total. The predicted octanol–water partition coefficient (Wildman–Crippen LogP) is 3.03. The van der Waals surface area contributed by atoms with Crippen molar-refractivity contribution in [3.8, 4) is 0 Å². The third kappa shape index (κ3) is 5.68. The molecular formula is C19H23Cl2N3O3S. The number of nitrogens with zero attached hydrogens (tertiary/aromatic N) is 2. The van der Waals surface area contributed by atoms with E-state index < -0.39 is 15.9 Å². The molecule has 0 aliphatic rings. The highest BCUT2D eigenvalue weighted by Crippen LogP contribution is 2.25. The molecule has 9 heteroatoms. The highest BCUT2D eigenvalue weighted by atomic mass is 35.5. The molecule has 0 saturated heterocycles. The van der Waals surface area contributed by atoms with Crippen LogP contribution >= 0.6 is 23.2 Å². The Hall–Kier alpha value is -1.64. The average molecular weight is 444 g/mol. The van der Waals surface area contributed by atoms with Crippen molar-refractivity contribution in [2.45, 2.75) is 10.9 Å². The fourth-order valence-corrected chi connectivity index (χ4v) is 4.17. The van der Waals surface area contributed by atoms with Crippen LogP contribution in [0.1, 0.15) is 11.6 Å². The van der Waals surface area contributed by atoms with Crippen molar-refractivity contribution >= 4 is 39.1 Å². The molecule has 1 atom stereocenters. The summed E-state index contributed by atoms with van der Waals surface area (Å²) in [5, 5.41) is 3.83. The topological polar surface area (TPSA) is 69.7 Å². The molecule has 2 aromatic rings. The minimum atomic E-state index is -3.78. The van der Waals surface area contributed by atoms with Gasteiger partial charge in [-0.05, 0) is 50.0 Å². The second-order valence-corrected chi connectivity index (χ2v) is 9.41. The summed E-state index contributed by atoms with van der Waals surface area (Å²) in [5.74, 6) is -0.404. The SMILES string of the molecule is CN(C)C(CNC(=O)CN(C)S(=O)(=O)c1ccc(Cl)cc1)c1ccccc1Cl. The highest BCUT2D eigenvalue weighted by molar-refractivity contribution is 7.89. The molecule has 0 bridgehead atoms. The Kier molecular flexibility index (Phi) is 7.86. The van der Waals surface area contributed by atoms with E-state index in [1.54, 1.807) is 6.07 Å². The van der Waals surface area contributed by atoms with Crippen LogP contribution in [0.15, 0.2) is 53.4 Å². The van der Waals surface area contributed by atoms with Crippen LogP contribution in [-0.4, -0.2) is 57.8 Å². The standard InChI is InChI=1S/C19H23Cl2N3O3S/c1-23(2)18(16-6-4-5-7-17(16)21)12-22-19(25)13-24(3)28(26,27)15-10-8-14(20)9-11-15/h4-11,18H,12-13H2,1-3H3,(H,22,25). The Balaban J connectivity index is 2.02. The van der Waals surface area contributed by atoms with Crippen LogP contribution in [0.4, 0.5) is 0 Å². The summed E-state index contributed by atoms with van der Waals surface area (Å²) >= 11 is 12.1. The van der Waals surface area contributed by atoms with Crippen LogP contribution in [0.5, 0.6) is 0 Å². The summed E-state index contributed by atoms with van der Waals surface area (Å²) in [4.78, 5) is 14.4. The van der Waals surface area contributed by atoms with Gasteiger partial charge < -0.3 is 10.2 Å². The van der Waals surface area contributed by atoms with Gasteiger partial charge in [-0.1, -0.05) is 41.4 Å². The zero-order valence-electron chi connectivity index (χ0n) is 15.9. The lowest BCUT2D eigenvalue weighted by Crippen LogP contribution is -2.41. The molecule has 0 spiro atoms. The number of rotatable bonds is 8. The molecule has 0 aliphatic carbocycles. The highest BCUT2D eigenvalue weighted by Gasteiger charge is 2.24. The number of benzene rings is 2. The van der Waals surface area contributed by atoms with E-state index in [0.29, 0.717) is 16.6 Å². The van der Waals surface area contributed by atoms with Gasteiger partial charge >= 0.3 is 0 Å². The first-order chi connectivity index (χ1) is 13.1. The summed E-state index contributed by atoms with van der Waals surface area (Å²) < 4.78 is 26.1. The lowest BCUT2D eigenvalue weighted by Gasteiger charge is -2.26. The molecule has 0 fully saturated rings. The number of likely N-dealkylation sites (N-methyl/N-ethyl adjacent to an activating group) is 2. The van der Waals surface area contributed by atoms with Crippen LogP contribution in [0, 0.1) is 0 Å². The molecule has 1 N–H and O–H groups in total. The monoisotopic (exact) mass is 443 g/mol. The van der Waals surface area contributed by atoms with E-state index in [1.165, 1.54) is 31.3 Å². The Morgan fingerprint density at radius 2 is 1.64 bits per heavy atom. The number of hydrogen-bond donors (Lipinski definition) is 1. The van der Waals surface area contributed by atoms with Crippen molar-refractivity contribution in [3.63, 3.8) is 0 Å². The summed E-state index contributed by atoms with van der Waals surface area (Å²) in [6, 6.07) is 13.1. The van der Waals surface area contributed by atoms with Gasteiger partial charge in [0.05, 0.1) is 17.5 Å². The fourth-order valence-electron chi connectivity index (χ4n) is 2.66. The predicted molar refractivity (Wildman–Crippen MR) is 112 cm³/mol. The number of amides is 1. The lowest BCUT2D eigenvalue weighted by atomic mass is 10.1. The van der Waals surface area contributed by atoms with Crippen LogP contribution in [0.3, 0.4) is 0 Å². The molecular weight excluding hydrogens is 421 g/mol. The third-order valence-electron chi connectivity index (χ3n) is 4.27. The maximum atomic E-state index is 12.6. The zero-order valence-corrected chi connectivity index (χ0v) is 18.2. The first-order valence-corrected chi connectivity index (χ1v) is 10.7. The molecule has 0 aromatic heterocycles. The van der Waals surface area contributed by atoms with Crippen molar-refractivity contribution in [1.29, 1.82) is 0 Å². The summed E-state index contributed by atoms with van der Waals surface area (Å²) in [7, 11) is 1.35. The second-order valence-electron chi connectivity index (χ2n) is 6.52. The smallest absolute Gasteiger partial charge is 0.243 e. The Labute approximate surface area is 176 Å². The van der Waals surface area contributed by atoms with E-state index in [0.717, 1.165) is 9.87 Å². The second kappa shape index (κ2) is 9.71. The zero-order chi connectivity index (χ0) is 20.9. The number of halogens is 2. The van der Waals surface area contributed by atoms with E-state index in [1.807, 2.05) is 37.2 Å². The Bertz CT molecular complexity index is 918. The summed E-state index contributed by atoms with van der Waals surface area (Å²) in [6.45, 7) is -0.00195. The molecule has 0 radical (unpaired) electrons. The van der Waals surface area contributed by atoms with Gasteiger partial charge in [-0.15, -0.1) is 0 Å². The van der Waals surface area contributed by atoms with Gasteiger partial charge in [0.1, 0.15) is 0 Å². The number of carbonyl (C=O) groups is 1. The Morgan fingerprint density at radius 3 is 2.21 bits per heavy atom. The van der Waals surface area contributed by atoms with Gasteiger partial charge in [-0.25, -0.2) is 8.42 Å². The van der Waals surface area contributed by atoms with Crippen molar-refractivity contribution < 1.29 is 13.2 Å². The maximum absolute atomic E-state index is 12.6. The van der Waals surface area contributed by atoms with Gasteiger partial charge in [0.15, 0.2) is 0 Å². The molecule has 28 heavy (non-hydrogen) atoms. The van der Waals surface area contributed by atoms with Crippen LogP contribution in [0.2, 0.25) is 10.0 Å². The van der Waals surface area contributed by atoms with Crippen LogP contribution in [-0.2, 0) is 14.8 Å². The third-order valence-corrected chi connectivity index (χ3v) is 6.68. The molecule has 1 amide bonds. The van der Waals surface area contributed by atoms with E-state index in [-0.39, 0.29) is 17.5 Å².